The second-order valence-corrected chi connectivity index (χ2v) is 4.78. The van der Waals surface area contributed by atoms with E-state index in [1.165, 1.54) is 5.56 Å². The molecule has 1 aromatic carbocycles. The molecule has 0 bridgehead atoms. The number of ether oxygens (including phenoxy) is 2. The highest BCUT2D eigenvalue weighted by molar-refractivity contribution is 5.27. The van der Waals surface area contributed by atoms with Gasteiger partial charge in [-0.25, -0.2) is 0 Å². The Bertz CT molecular complexity index is 541. The molecule has 0 radical (unpaired) electrons. The van der Waals surface area contributed by atoms with Gasteiger partial charge in [-0.1, -0.05) is 25.1 Å². The normalized spacial score (nSPS) is 10.6. The number of rotatable bonds is 8. The molecule has 4 nitrogen and oxygen atoms in total. The van der Waals surface area contributed by atoms with Gasteiger partial charge in [-0.2, -0.15) is 0 Å². The number of methoxy groups -OCH3 is 1. The van der Waals surface area contributed by atoms with Gasteiger partial charge in [0.25, 0.3) is 0 Å². The molecule has 0 atom stereocenters. The Hall–Kier alpha value is -1.91. The van der Waals surface area contributed by atoms with E-state index in [0.29, 0.717) is 13.2 Å². The first kappa shape index (κ1) is 15.5. The molecule has 2 aromatic rings. The average molecular weight is 286 g/mol. The summed E-state index contributed by atoms with van der Waals surface area (Å²) in [6.45, 7) is 4.98. The maximum absolute atomic E-state index is 5.69. The molecule has 1 N–H and O–H groups in total. The summed E-state index contributed by atoms with van der Waals surface area (Å²) in [6, 6.07) is 12.0. The van der Waals surface area contributed by atoms with Crippen molar-refractivity contribution in [3.8, 4) is 5.75 Å². The van der Waals surface area contributed by atoms with Crippen LogP contribution in [0.1, 0.15) is 23.7 Å². The Balaban J connectivity index is 1.80. The smallest absolute Gasteiger partial charge is 0.119 e. The predicted molar refractivity (Wildman–Crippen MR) is 83.1 cm³/mol. The van der Waals surface area contributed by atoms with Crippen LogP contribution in [-0.4, -0.2) is 18.6 Å². The number of aromatic nitrogens is 1. The second kappa shape index (κ2) is 8.39. The van der Waals surface area contributed by atoms with Gasteiger partial charge < -0.3 is 14.8 Å². The van der Waals surface area contributed by atoms with E-state index in [9.17, 15) is 0 Å². The zero-order chi connectivity index (χ0) is 14.9. The molecule has 112 valence electrons. The first-order valence-electron chi connectivity index (χ1n) is 7.17. The molecule has 21 heavy (non-hydrogen) atoms. The summed E-state index contributed by atoms with van der Waals surface area (Å²) >= 11 is 0. The lowest BCUT2D eigenvalue weighted by Crippen LogP contribution is -2.12. The van der Waals surface area contributed by atoms with E-state index >= 15 is 0 Å². The Labute approximate surface area is 126 Å². The first-order chi connectivity index (χ1) is 10.3. The zero-order valence-electron chi connectivity index (χ0n) is 12.6. The highest BCUT2D eigenvalue weighted by atomic mass is 16.5. The van der Waals surface area contributed by atoms with Crippen LogP contribution >= 0.6 is 0 Å². The summed E-state index contributed by atoms with van der Waals surface area (Å²) in [5.74, 6) is 0.849. The lowest BCUT2D eigenvalue weighted by Gasteiger charge is -2.07. The monoisotopic (exact) mass is 286 g/mol. The third kappa shape index (κ3) is 5.17. The van der Waals surface area contributed by atoms with E-state index < -0.39 is 0 Å². The summed E-state index contributed by atoms with van der Waals surface area (Å²) in [5, 5.41) is 3.28. The Morgan fingerprint density at radius 2 is 2.00 bits per heavy atom. The highest BCUT2D eigenvalue weighted by Gasteiger charge is 1.99. The summed E-state index contributed by atoms with van der Waals surface area (Å²) in [4.78, 5) is 4.41. The summed E-state index contributed by atoms with van der Waals surface area (Å²) in [6.07, 6.45) is 1.90. The molecule has 1 heterocycles. The zero-order valence-corrected chi connectivity index (χ0v) is 12.6. The lowest BCUT2D eigenvalue weighted by molar-refractivity contribution is 0.104. The lowest BCUT2D eigenvalue weighted by atomic mass is 10.2. The van der Waals surface area contributed by atoms with E-state index in [1.807, 2.05) is 36.5 Å². The molecule has 0 amide bonds. The minimum absolute atomic E-state index is 0.513. The van der Waals surface area contributed by atoms with Gasteiger partial charge in [0.2, 0.25) is 0 Å². The number of nitrogens with zero attached hydrogens (tertiary/aromatic N) is 1. The first-order valence-corrected chi connectivity index (χ1v) is 7.17. The van der Waals surface area contributed by atoms with Crippen LogP contribution in [0, 0.1) is 0 Å². The standard InChI is InChI=1S/C17H22N2O2/c1-3-18-10-15-7-8-16(19-11-15)13-21-12-14-5-4-6-17(9-14)20-2/h4-9,11,18H,3,10,12-13H2,1-2H3. The largest absolute Gasteiger partial charge is 0.497 e. The molecular formula is C17H22N2O2. The van der Waals surface area contributed by atoms with Crippen molar-refractivity contribution in [3.05, 3.63) is 59.4 Å². The molecule has 0 saturated carbocycles. The minimum Gasteiger partial charge on any atom is -0.497 e. The number of nitrogens with one attached hydrogen (secondary N) is 1. The van der Waals surface area contributed by atoms with E-state index in [2.05, 4.69) is 23.3 Å². The van der Waals surface area contributed by atoms with Crippen molar-refractivity contribution >= 4 is 0 Å². The SMILES string of the molecule is CCNCc1ccc(COCc2cccc(OC)c2)nc1. The number of hydrogen-bond acceptors (Lipinski definition) is 4. The van der Waals surface area contributed by atoms with Gasteiger partial charge in [-0.05, 0) is 35.9 Å². The van der Waals surface area contributed by atoms with Gasteiger partial charge in [-0.3, -0.25) is 4.98 Å². The maximum atomic E-state index is 5.69. The number of benzene rings is 1. The Morgan fingerprint density at radius 1 is 1.10 bits per heavy atom. The summed E-state index contributed by atoms with van der Waals surface area (Å²) < 4.78 is 10.9. The molecular weight excluding hydrogens is 264 g/mol. The number of hydrogen-bond donors (Lipinski definition) is 1. The van der Waals surface area contributed by atoms with Crippen molar-refractivity contribution in [3.63, 3.8) is 0 Å². The Kier molecular flexibility index (Phi) is 6.19. The average Bonchev–Trinajstić information content (AvgIpc) is 2.54. The highest BCUT2D eigenvalue weighted by Crippen LogP contribution is 2.13. The molecule has 0 aliphatic heterocycles. The van der Waals surface area contributed by atoms with Crippen LogP contribution < -0.4 is 10.1 Å². The fourth-order valence-electron chi connectivity index (χ4n) is 1.95. The molecule has 0 fully saturated rings. The third-order valence-corrected chi connectivity index (χ3v) is 3.12. The van der Waals surface area contributed by atoms with Gasteiger partial charge in [-0.15, -0.1) is 0 Å². The van der Waals surface area contributed by atoms with Gasteiger partial charge in [0, 0.05) is 12.7 Å². The van der Waals surface area contributed by atoms with Crippen LogP contribution in [0.2, 0.25) is 0 Å². The number of pyridine rings is 1. The van der Waals surface area contributed by atoms with Crippen molar-refractivity contribution in [2.45, 2.75) is 26.7 Å². The van der Waals surface area contributed by atoms with Crippen molar-refractivity contribution in [1.29, 1.82) is 0 Å². The third-order valence-electron chi connectivity index (χ3n) is 3.12. The van der Waals surface area contributed by atoms with Crippen molar-refractivity contribution in [2.75, 3.05) is 13.7 Å². The topological polar surface area (TPSA) is 43.4 Å². The predicted octanol–water partition coefficient (Wildman–Crippen LogP) is 2.92. The van der Waals surface area contributed by atoms with Crippen molar-refractivity contribution in [2.24, 2.45) is 0 Å². The Morgan fingerprint density at radius 3 is 2.71 bits per heavy atom. The van der Waals surface area contributed by atoms with E-state index in [0.717, 1.165) is 30.1 Å². The van der Waals surface area contributed by atoms with E-state index in [-0.39, 0.29) is 0 Å². The van der Waals surface area contributed by atoms with E-state index in [1.54, 1.807) is 7.11 Å². The van der Waals surface area contributed by atoms with Crippen LogP contribution in [0.4, 0.5) is 0 Å². The summed E-state index contributed by atoms with van der Waals surface area (Å²) in [5.41, 5.74) is 3.23. The maximum Gasteiger partial charge on any atom is 0.119 e. The van der Waals surface area contributed by atoms with Gasteiger partial charge >= 0.3 is 0 Å². The minimum atomic E-state index is 0.513. The van der Waals surface area contributed by atoms with Crippen LogP contribution in [0.3, 0.4) is 0 Å². The molecule has 0 aliphatic carbocycles. The molecule has 0 unspecified atom stereocenters. The second-order valence-electron chi connectivity index (χ2n) is 4.78. The summed E-state index contributed by atoms with van der Waals surface area (Å²) in [7, 11) is 1.67. The molecule has 0 aliphatic rings. The fourth-order valence-corrected chi connectivity index (χ4v) is 1.95. The van der Waals surface area contributed by atoms with Crippen molar-refractivity contribution < 1.29 is 9.47 Å². The van der Waals surface area contributed by atoms with Crippen LogP contribution in [-0.2, 0) is 24.5 Å². The molecule has 4 heteroatoms. The van der Waals surface area contributed by atoms with Gasteiger partial charge in [0.1, 0.15) is 5.75 Å². The quantitative estimate of drug-likeness (QED) is 0.810. The van der Waals surface area contributed by atoms with Gasteiger partial charge in [0.15, 0.2) is 0 Å². The molecule has 0 saturated heterocycles. The fraction of sp³-hybridized carbons (Fsp3) is 0.353. The van der Waals surface area contributed by atoms with Crippen LogP contribution in [0.15, 0.2) is 42.6 Å². The molecule has 1 aromatic heterocycles. The van der Waals surface area contributed by atoms with E-state index in [4.69, 9.17) is 9.47 Å². The van der Waals surface area contributed by atoms with Crippen LogP contribution in [0.25, 0.3) is 0 Å². The molecule has 2 rings (SSSR count). The van der Waals surface area contributed by atoms with Crippen LogP contribution in [0.5, 0.6) is 5.75 Å². The van der Waals surface area contributed by atoms with Crippen molar-refractivity contribution in [1.82, 2.24) is 10.3 Å². The van der Waals surface area contributed by atoms with Gasteiger partial charge in [0.05, 0.1) is 26.0 Å². The molecule has 0 spiro atoms.